The predicted molar refractivity (Wildman–Crippen MR) is 116 cm³/mol. The maximum absolute atomic E-state index is 13.0. The van der Waals surface area contributed by atoms with Gasteiger partial charge in [-0.1, -0.05) is 30.3 Å². The van der Waals surface area contributed by atoms with Gasteiger partial charge in [0.05, 0.1) is 10.1 Å². The van der Waals surface area contributed by atoms with Crippen LogP contribution in [0.2, 0.25) is 0 Å². The number of Topliss-reactive ketones (excluding diaryl/α,β-unsaturated/α-hetero) is 1. The molecule has 0 spiro atoms. The minimum Gasteiger partial charge on any atom is -0.444 e. The summed E-state index contributed by atoms with van der Waals surface area (Å²) in [6.45, 7) is 5.31. The first-order valence-corrected chi connectivity index (χ1v) is 10.2. The van der Waals surface area contributed by atoms with Gasteiger partial charge in [-0.15, -0.1) is 0 Å². The molecular formula is C18H21I2N3O3. The molecule has 0 aliphatic heterocycles. The van der Waals surface area contributed by atoms with Crippen molar-refractivity contribution in [3.8, 4) is 0 Å². The van der Waals surface area contributed by atoms with Crippen molar-refractivity contribution in [1.29, 1.82) is 0 Å². The predicted octanol–water partition coefficient (Wildman–Crippen LogP) is 4.12. The van der Waals surface area contributed by atoms with Gasteiger partial charge >= 0.3 is 6.09 Å². The largest absolute Gasteiger partial charge is 0.444 e. The Balaban J connectivity index is 2.25. The summed E-state index contributed by atoms with van der Waals surface area (Å²) in [4.78, 5) is 26.5. The number of rotatable bonds is 5. The summed E-state index contributed by atoms with van der Waals surface area (Å²) in [5, 5.41) is 4.46. The van der Waals surface area contributed by atoms with Crippen LogP contribution in [0.1, 0.15) is 32.4 Å². The van der Waals surface area contributed by atoms with E-state index in [0.29, 0.717) is 0 Å². The van der Waals surface area contributed by atoms with Gasteiger partial charge in [-0.05, 0) is 71.5 Å². The van der Waals surface area contributed by atoms with E-state index in [0.717, 1.165) is 12.8 Å². The standard InChI is InChI=1S/C18H21I2N3O3/c1-18(2,3)26-17(25)22(4)11-14(24)15(12-8-6-5-7-9-12)23-10-13(19)16(20)21-23/h5-10,15H,11H2,1-4H3. The van der Waals surface area contributed by atoms with Crippen molar-refractivity contribution >= 4 is 57.1 Å². The number of benzene rings is 1. The topological polar surface area (TPSA) is 64.4 Å². The number of ketones is 1. The zero-order valence-electron chi connectivity index (χ0n) is 15.1. The monoisotopic (exact) mass is 581 g/mol. The fraction of sp³-hybridized carbons (Fsp3) is 0.389. The number of nitrogens with zero attached hydrogens (tertiary/aromatic N) is 3. The van der Waals surface area contributed by atoms with Gasteiger partial charge < -0.3 is 9.64 Å². The minimum absolute atomic E-state index is 0.0680. The summed E-state index contributed by atoms with van der Waals surface area (Å²) in [5.74, 6) is -0.139. The average Bonchev–Trinajstić information content (AvgIpc) is 2.85. The van der Waals surface area contributed by atoms with E-state index in [1.165, 1.54) is 4.90 Å². The van der Waals surface area contributed by atoms with Crippen LogP contribution in [0.3, 0.4) is 0 Å². The maximum atomic E-state index is 13.0. The first-order valence-electron chi connectivity index (χ1n) is 8.00. The van der Waals surface area contributed by atoms with Crippen molar-refractivity contribution in [2.75, 3.05) is 13.6 Å². The molecule has 140 valence electrons. The van der Waals surface area contributed by atoms with Crippen molar-refractivity contribution in [2.24, 2.45) is 0 Å². The smallest absolute Gasteiger partial charge is 0.410 e. The molecule has 0 aliphatic carbocycles. The molecule has 0 bridgehead atoms. The van der Waals surface area contributed by atoms with E-state index in [-0.39, 0.29) is 12.3 Å². The fourth-order valence-electron chi connectivity index (χ4n) is 2.33. The summed E-state index contributed by atoms with van der Waals surface area (Å²) >= 11 is 4.32. The quantitative estimate of drug-likeness (QED) is 0.499. The molecule has 0 N–H and O–H groups in total. The molecule has 0 saturated heterocycles. The van der Waals surface area contributed by atoms with Crippen LogP contribution in [0.4, 0.5) is 4.79 Å². The number of carbonyl (C=O) groups is 2. The van der Waals surface area contributed by atoms with E-state index < -0.39 is 17.7 Å². The third-order valence-corrected chi connectivity index (χ3v) is 6.05. The van der Waals surface area contributed by atoms with Gasteiger partial charge in [0.15, 0.2) is 5.78 Å². The highest BCUT2D eigenvalue weighted by molar-refractivity contribution is 14.1. The zero-order chi connectivity index (χ0) is 19.5. The highest BCUT2D eigenvalue weighted by Crippen LogP contribution is 2.23. The Bertz CT molecular complexity index is 765. The number of likely N-dealkylation sites (N-methyl/N-ethyl adjacent to an activating group) is 1. The first-order chi connectivity index (χ1) is 12.1. The third-order valence-electron chi connectivity index (χ3n) is 3.43. The number of carbonyl (C=O) groups excluding carboxylic acids is 2. The van der Waals surface area contributed by atoms with Crippen LogP contribution < -0.4 is 0 Å². The van der Waals surface area contributed by atoms with Gasteiger partial charge in [0, 0.05) is 13.2 Å². The molecule has 1 amide bonds. The number of amides is 1. The molecule has 2 rings (SSSR count). The van der Waals surface area contributed by atoms with Crippen LogP contribution in [-0.2, 0) is 9.53 Å². The van der Waals surface area contributed by atoms with Crippen LogP contribution in [0, 0.1) is 7.27 Å². The lowest BCUT2D eigenvalue weighted by Crippen LogP contribution is -2.39. The van der Waals surface area contributed by atoms with Crippen molar-refractivity contribution in [1.82, 2.24) is 14.7 Å². The van der Waals surface area contributed by atoms with Crippen LogP contribution in [0.25, 0.3) is 0 Å². The highest BCUT2D eigenvalue weighted by atomic mass is 127. The van der Waals surface area contributed by atoms with Gasteiger partial charge in [0.25, 0.3) is 0 Å². The van der Waals surface area contributed by atoms with Gasteiger partial charge in [-0.25, -0.2) is 4.79 Å². The Morgan fingerprint density at radius 1 is 1.23 bits per heavy atom. The zero-order valence-corrected chi connectivity index (χ0v) is 19.4. The molecule has 6 nitrogen and oxygen atoms in total. The summed E-state index contributed by atoms with van der Waals surface area (Å²) < 4.78 is 8.78. The minimum atomic E-state index is -0.610. The van der Waals surface area contributed by atoms with Crippen LogP contribution in [-0.4, -0.2) is 45.8 Å². The molecule has 0 aliphatic rings. The highest BCUT2D eigenvalue weighted by Gasteiger charge is 2.28. The van der Waals surface area contributed by atoms with Crippen LogP contribution in [0.5, 0.6) is 0 Å². The Hall–Kier alpha value is -1.17. The number of hydrogen-bond acceptors (Lipinski definition) is 4. The molecule has 0 fully saturated rings. The Labute approximate surface area is 180 Å². The van der Waals surface area contributed by atoms with Gasteiger partial charge in [0.1, 0.15) is 15.3 Å². The number of aromatic nitrogens is 2. The third kappa shape index (κ3) is 5.66. The van der Waals surface area contributed by atoms with Gasteiger partial charge in [0.2, 0.25) is 0 Å². The summed E-state index contributed by atoms with van der Waals surface area (Å²) in [7, 11) is 1.56. The second kappa shape index (κ2) is 8.68. The molecule has 1 unspecified atom stereocenters. The van der Waals surface area contributed by atoms with E-state index in [2.05, 4.69) is 50.3 Å². The second-order valence-electron chi connectivity index (χ2n) is 6.86. The fourth-order valence-corrected chi connectivity index (χ4v) is 3.11. The molecule has 0 radical (unpaired) electrons. The number of hydrogen-bond donors (Lipinski definition) is 0. The molecular weight excluding hydrogens is 560 g/mol. The second-order valence-corrected chi connectivity index (χ2v) is 9.05. The Kier molecular flexibility index (Phi) is 7.05. The lowest BCUT2D eigenvalue weighted by atomic mass is 10.0. The molecule has 1 aromatic heterocycles. The maximum Gasteiger partial charge on any atom is 0.410 e. The van der Waals surface area contributed by atoms with Crippen molar-refractivity contribution < 1.29 is 14.3 Å². The summed E-state index contributed by atoms with van der Waals surface area (Å²) in [6.07, 6.45) is 1.31. The summed E-state index contributed by atoms with van der Waals surface area (Å²) in [6, 6.07) is 8.83. The number of ether oxygens (including phenoxy) is 1. The molecule has 2 aromatic rings. The van der Waals surface area contributed by atoms with Crippen LogP contribution in [0.15, 0.2) is 36.5 Å². The average molecular weight is 581 g/mol. The lowest BCUT2D eigenvalue weighted by Gasteiger charge is -2.25. The van der Waals surface area contributed by atoms with Gasteiger partial charge in [-0.2, -0.15) is 5.10 Å². The van der Waals surface area contributed by atoms with E-state index >= 15 is 0 Å². The van der Waals surface area contributed by atoms with E-state index in [1.54, 1.807) is 32.5 Å². The lowest BCUT2D eigenvalue weighted by molar-refractivity contribution is -0.122. The molecule has 0 saturated carbocycles. The molecule has 26 heavy (non-hydrogen) atoms. The Morgan fingerprint density at radius 3 is 2.35 bits per heavy atom. The van der Waals surface area contributed by atoms with E-state index in [4.69, 9.17) is 4.74 Å². The summed E-state index contributed by atoms with van der Waals surface area (Å²) in [5.41, 5.74) is 0.215. The molecule has 1 atom stereocenters. The molecule has 1 heterocycles. The normalized spacial score (nSPS) is 12.5. The van der Waals surface area contributed by atoms with Crippen molar-refractivity contribution in [2.45, 2.75) is 32.4 Å². The number of halogens is 2. The van der Waals surface area contributed by atoms with E-state index in [1.807, 2.05) is 36.5 Å². The Morgan fingerprint density at radius 2 is 1.85 bits per heavy atom. The van der Waals surface area contributed by atoms with Crippen molar-refractivity contribution in [3.05, 3.63) is 49.4 Å². The first kappa shape index (κ1) is 21.1. The van der Waals surface area contributed by atoms with E-state index in [9.17, 15) is 9.59 Å². The van der Waals surface area contributed by atoms with Crippen molar-refractivity contribution in [3.63, 3.8) is 0 Å². The van der Waals surface area contributed by atoms with Gasteiger partial charge in [-0.3, -0.25) is 9.48 Å². The molecule has 1 aromatic carbocycles. The van der Waals surface area contributed by atoms with Crippen LogP contribution >= 0.6 is 45.2 Å². The SMILES string of the molecule is CN(CC(=O)C(c1ccccc1)n1cc(I)c(I)n1)C(=O)OC(C)(C)C. The molecule has 8 heteroatoms.